The van der Waals surface area contributed by atoms with E-state index in [1.54, 1.807) is 6.21 Å². The van der Waals surface area contributed by atoms with E-state index in [1.165, 1.54) is 35.1 Å². The molecule has 4 nitrogen and oxygen atoms in total. The van der Waals surface area contributed by atoms with E-state index >= 15 is 0 Å². The van der Waals surface area contributed by atoms with Crippen LogP contribution in [-0.2, 0) is 17.3 Å². The van der Waals surface area contributed by atoms with Gasteiger partial charge in [-0.1, -0.05) is 40.7 Å². The number of nitrogens with zero attached hydrogens (tertiary/aromatic N) is 2. The van der Waals surface area contributed by atoms with E-state index < -0.39 is 0 Å². The molecule has 2 aliphatic rings. The molecule has 0 aromatic heterocycles. The van der Waals surface area contributed by atoms with Gasteiger partial charge in [-0.05, 0) is 83.5 Å². The first kappa shape index (κ1) is 20.6. The van der Waals surface area contributed by atoms with Crippen molar-refractivity contribution in [1.82, 2.24) is 0 Å². The first-order valence-electron chi connectivity index (χ1n) is 10.9. The first-order chi connectivity index (χ1) is 14.2. The minimum atomic E-state index is 0.182. The summed E-state index contributed by atoms with van der Waals surface area (Å²) in [5, 5.41) is 8.90. The Morgan fingerprint density at radius 1 is 0.967 bits per heavy atom. The molecular formula is C26H32N2O2. The first-order valence-corrected chi connectivity index (χ1v) is 10.9. The molecule has 0 spiro atoms. The van der Waals surface area contributed by atoms with Gasteiger partial charge in [0, 0.05) is 5.56 Å². The maximum Gasteiger partial charge on any atom is 0.231 e. The van der Waals surface area contributed by atoms with Gasteiger partial charge in [0.1, 0.15) is 0 Å². The second-order valence-electron chi connectivity index (χ2n) is 9.72. The Hall–Kier alpha value is -2.62. The van der Waals surface area contributed by atoms with E-state index in [0.717, 1.165) is 29.2 Å². The van der Waals surface area contributed by atoms with Crippen molar-refractivity contribution in [2.75, 3.05) is 6.79 Å². The average Bonchev–Trinajstić information content (AvgIpc) is 3.18. The summed E-state index contributed by atoms with van der Waals surface area (Å²) >= 11 is 0. The van der Waals surface area contributed by atoms with Crippen LogP contribution in [0.4, 0.5) is 0 Å². The lowest BCUT2D eigenvalue weighted by Crippen LogP contribution is -2.34. The normalized spacial score (nSPS) is 19.2. The standard InChI is InChI=1S/C26H32N2O2/c1-7-19-13-21-22(26(5,6)11-10-25(21,3)4)14-20(19)17(2)28-27-15-18-8-9-23-24(12-18)30-16-29-23/h8-9,12-15H,7,10-11,16H2,1-6H3. The summed E-state index contributed by atoms with van der Waals surface area (Å²) in [5.74, 6) is 1.53. The van der Waals surface area contributed by atoms with Crippen LogP contribution in [-0.4, -0.2) is 18.7 Å². The van der Waals surface area contributed by atoms with Crippen LogP contribution in [0.1, 0.15) is 82.2 Å². The predicted molar refractivity (Wildman–Crippen MR) is 123 cm³/mol. The van der Waals surface area contributed by atoms with E-state index in [4.69, 9.17) is 9.47 Å². The van der Waals surface area contributed by atoms with Crippen LogP contribution < -0.4 is 9.47 Å². The highest BCUT2D eigenvalue weighted by Crippen LogP contribution is 2.46. The van der Waals surface area contributed by atoms with Gasteiger partial charge in [0.15, 0.2) is 11.5 Å². The van der Waals surface area contributed by atoms with Crippen LogP contribution in [0.3, 0.4) is 0 Å². The third-order valence-electron chi connectivity index (χ3n) is 6.66. The Morgan fingerprint density at radius 3 is 2.33 bits per heavy atom. The number of aryl methyl sites for hydroxylation is 1. The number of hydrogen-bond donors (Lipinski definition) is 0. The monoisotopic (exact) mass is 404 g/mol. The summed E-state index contributed by atoms with van der Waals surface area (Å²) in [6.45, 7) is 14.0. The maximum atomic E-state index is 5.44. The molecule has 4 rings (SSSR count). The maximum absolute atomic E-state index is 5.44. The minimum Gasteiger partial charge on any atom is -0.454 e. The van der Waals surface area contributed by atoms with E-state index in [9.17, 15) is 0 Å². The van der Waals surface area contributed by atoms with Gasteiger partial charge in [-0.3, -0.25) is 0 Å². The fourth-order valence-corrected chi connectivity index (χ4v) is 4.52. The SMILES string of the molecule is CCc1cc2c(cc1C(C)=NN=Cc1ccc3c(c1)OCO3)C(C)(C)CCC2(C)C. The van der Waals surface area contributed by atoms with Crippen molar-refractivity contribution in [3.8, 4) is 11.5 Å². The van der Waals surface area contributed by atoms with Crippen LogP contribution in [0, 0.1) is 0 Å². The molecule has 1 aliphatic carbocycles. The lowest BCUT2D eigenvalue weighted by Gasteiger charge is -2.42. The number of benzene rings is 2. The highest BCUT2D eigenvalue weighted by atomic mass is 16.7. The zero-order chi connectivity index (χ0) is 21.5. The fourth-order valence-electron chi connectivity index (χ4n) is 4.52. The summed E-state index contributed by atoms with van der Waals surface area (Å²) in [5.41, 5.74) is 7.81. The molecule has 0 N–H and O–H groups in total. The summed E-state index contributed by atoms with van der Waals surface area (Å²) in [6.07, 6.45) is 5.18. The van der Waals surface area contributed by atoms with Gasteiger partial charge in [-0.15, -0.1) is 0 Å². The zero-order valence-electron chi connectivity index (χ0n) is 19.0. The molecule has 0 unspecified atom stereocenters. The molecule has 0 fully saturated rings. The van der Waals surface area contributed by atoms with Crippen molar-refractivity contribution in [2.24, 2.45) is 10.2 Å². The molecule has 0 bridgehead atoms. The molecule has 4 heteroatoms. The average molecular weight is 405 g/mol. The van der Waals surface area contributed by atoms with Gasteiger partial charge in [0.2, 0.25) is 6.79 Å². The molecule has 1 aliphatic heterocycles. The van der Waals surface area contributed by atoms with Gasteiger partial charge in [0.25, 0.3) is 0 Å². The van der Waals surface area contributed by atoms with Crippen molar-refractivity contribution >= 4 is 11.9 Å². The Balaban J connectivity index is 1.67. The molecule has 0 amide bonds. The molecule has 1 heterocycles. The quantitative estimate of drug-likeness (QED) is 0.452. The summed E-state index contributed by atoms with van der Waals surface area (Å²) in [7, 11) is 0. The molecule has 2 aromatic rings. The Morgan fingerprint density at radius 2 is 1.63 bits per heavy atom. The number of fused-ring (bicyclic) bond motifs is 2. The summed E-state index contributed by atoms with van der Waals surface area (Å²) < 4.78 is 10.8. The van der Waals surface area contributed by atoms with Crippen LogP contribution in [0.15, 0.2) is 40.5 Å². The third kappa shape index (κ3) is 3.76. The van der Waals surface area contributed by atoms with Gasteiger partial charge in [-0.25, -0.2) is 0 Å². The van der Waals surface area contributed by atoms with E-state index in [1.807, 2.05) is 18.2 Å². The lowest BCUT2D eigenvalue weighted by molar-refractivity contribution is 0.174. The molecule has 30 heavy (non-hydrogen) atoms. The highest BCUT2D eigenvalue weighted by molar-refractivity contribution is 6.00. The number of hydrogen-bond acceptors (Lipinski definition) is 4. The van der Waals surface area contributed by atoms with Crippen LogP contribution in [0.2, 0.25) is 0 Å². The largest absolute Gasteiger partial charge is 0.454 e. The van der Waals surface area contributed by atoms with Crippen LogP contribution >= 0.6 is 0 Å². The molecule has 0 saturated heterocycles. The van der Waals surface area contributed by atoms with Gasteiger partial charge in [-0.2, -0.15) is 10.2 Å². The molecule has 0 atom stereocenters. The second kappa shape index (κ2) is 7.57. The van der Waals surface area contributed by atoms with E-state index in [0.29, 0.717) is 0 Å². The van der Waals surface area contributed by atoms with Crippen molar-refractivity contribution in [1.29, 1.82) is 0 Å². The highest BCUT2D eigenvalue weighted by Gasteiger charge is 2.37. The molecule has 0 saturated carbocycles. The van der Waals surface area contributed by atoms with E-state index in [-0.39, 0.29) is 17.6 Å². The van der Waals surface area contributed by atoms with Crippen molar-refractivity contribution in [3.05, 3.63) is 58.1 Å². The summed E-state index contributed by atoms with van der Waals surface area (Å²) in [4.78, 5) is 0. The molecule has 2 aromatic carbocycles. The Kier molecular flexibility index (Phi) is 5.21. The predicted octanol–water partition coefficient (Wildman–Crippen LogP) is 6.17. The fraction of sp³-hybridized carbons (Fsp3) is 0.462. The summed E-state index contributed by atoms with van der Waals surface area (Å²) in [6, 6.07) is 10.6. The van der Waals surface area contributed by atoms with Crippen LogP contribution in [0.25, 0.3) is 0 Å². The topological polar surface area (TPSA) is 43.2 Å². The Bertz CT molecular complexity index is 1030. The van der Waals surface area contributed by atoms with Crippen LogP contribution in [0.5, 0.6) is 11.5 Å². The van der Waals surface area contributed by atoms with Gasteiger partial charge in [0.05, 0.1) is 11.9 Å². The Labute approximate surface area is 180 Å². The smallest absolute Gasteiger partial charge is 0.231 e. The number of rotatable bonds is 4. The minimum absolute atomic E-state index is 0.182. The molecular weight excluding hydrogens is 372 g/mol. The molecule has 0 radical (unpaired) electrons. The van der Waals surface area contributed by atoms with Crippen molar-refractivity contribution < 1.29 is 9.47 Å². The number of ether oxygens (including phenoxy) is 2. The van der Waals surface area contributed by atoms with Gasteiger partial charge >= 0.3 is 0 Å². The van der Waals surface area contributed by atoms with Crippen molar-refractivity contribution in [2.45, 2.75) is 71.6 Å². The zero-order valence-corrected chi connectivity index (χ0v) is 19.0. The lowest BCUT2D eigenvalue weighted by atomic mass is 9.62. The van der Waals surface area contributed by atoms with E-state index in [2.05, 4.69) is 63.9 Å². The van der Waals surface area contributed by atoms with Crippen molar-refractivity contribution in [3.63, 3.8) is 0 Å². The molecule has 158 valence electrons. The van der Waals surface area contributed by atoms with Gasteiger partial charge < -0.3 is 9.47 Å². The third-order valence-corrected chi connectivity index (χ3v) is 6.66. The second-order valence-corrected chi connectivity index (χ2v) is 9.72.